The first-order chi connectivity index (χ1) is 20.7. The van der Waals surface area contributed by atoms with Crippen molar-refractivity contribution >= 4 is 5.78 Å². The zero-order valence-corrected chi connectivity index (χ0v) is 23.6. The van der Waals surface area contributed by atoms with Crippen LogP contribution in [0.2, 0.25) is 0 Å². The van der Waals surface area contributed by atoms with Gasteiger partial charge >= 0.3 is 6.18 Å². The second-order valence-corrected chi connectivity index (χ2v) is 11.4. The number of aryl methyl sites for hydroxylation is 1. The van der Waals surface area contributed by atoms with Crippen molar-refractivity contribution in [1.29, 1.82) is 0 Å². The number of benzene rings is 4. The highest BCUT2D eigenvalue weighted by molar-refractivity contribution is 5.86. The molecule has 2 N–H and O–H groups in total. The second kappa shape index (κ2) is 10.2. The van der Waals surface area contributed by atoms with Crippen molar-refractivity contribution in [2.75, 3.05) is 0 Å². The predicted molar refractivity (Wildman–Crippen MR) is 164 cm³/mol. The molecule has 0 bridgehead atoms. The lowest BCUT2D eigenvalue weighted by atomic mass is 9.72. The smallest absolute Gasteiger partial charge is 0.321 e. The van der Waals surface area contributed by atoms with Crippen molar-refractivity contribution in [3.05, 3.63) is 126 Å². The summed E-state index contributed by atoms with van der Waals surface area (Å²) in [7, 11) is 0. The summed E-state index contributed by atoms with van der Waals surface area (Å²) in [6.07, 6.45) is 0.538. The molecule has 1 fully saturated rings. The van der Waals surface area contributed by atoms with Gasteiger partial charge < -0.3 is 5.73 Å². The third-order valence-corrected chi connectivity index (χ3v) is 8.41. The zero-order valence-electron chi connectivity index (χ0n) is 23.6. The van der Waals surface area contributed by atoms with Crippen LogP contribution in [-0.2, 0) is 11.7 Å². The molecule has 0 radical (unpaired) electrons. The molecule has 7 rings (SSSR count). The first kappa shape index (κ1) is 27.1. The number of hydrogen-bond donors (Lipinski definition) is 1. The molecule has 1 saturated carbocycles. The Morgan fingerprint density at radius 2 is 1.33 bits per heavy atom. The number of nitrogens with two attached hydrogens (primary N) is 1. The Hall–Kier alpha value is -4.75. The van der Waals surface area contributed by atoms with Crippen LogP contribution in [0.4, 0.5) is 13.2 Å². The van der Waals surface area contributed by atoms with Crippen LogP contribution in [0.5, 0.6) is 0 Å². The van der Waals surface area contributed by atoms with Gasteiger partial charge in [-0.25, -0.2) is 9.97 Å². The summed E-state index contributed by atoms with van der Waals surface area (Å²) in [6, 6.07) is 31.8. The van der Waals surface area contributed by atoms with Gasteiger partial charge in [-0.15, -0.1) is 0 Å². The maximum absolute atomic E-state index is 13.9. The molecule has 0 spiro atoms. The van der Waals surface area contributed by atoms with Gasteiger partial charge in [0.05, 0.1) is 22.6 Å². The highest BCUT2D eigenvalue weighted by atomic mass is 19.4. The van der Waals surface area contributed by atoms with Crippen LogP contribution in [0.3, 0.4) is 0 Å². The Kier molecular flexibility index (Phi) is 6.43. The molecule has 7 heteroatoms. The quantitative estimate of drug-likeness (QED) is 0.223. The minimum absolute atomic E-state index is 0.274. The van der Waals surface area contributed by atoms with Gasteiger partial charge in [0.2, 0.25) is 5.78 Å². The fourth-order valence-corrected chi connectivity index (χ4v) is 5.98. The van der Waals surface area contributed by atoms with E-state index in [0.29, 0.717) is 28.3 Å². The lowest BCUT2D eigenvalue weighted by Crippen LogP contribution is -2.43. The number of nitrogens with zero attached hydrogens (tertiary/aromatic N) is 3. The van der Waals surface area contributed by atoms with Gasteiger partial charge in [0.25, 0.3) is 0 Å². The summed E-state index contributed by atoms with van der Waals surface area (Å²) in [5.41, 5.74) is 13.0. The fraction of sp³-hybridized carbons (Fsp3) is 0.167. The van der Waals surface area contributed by atoms with Gasteiger partial charge in [-0.1, -0.05) is 84.9 Å². The minimum atomic E-state index is -4.48. The Balaban J connectivity index is 1.50. The van der Waals surface area contributed by atoms with Crippen molar-refractivity contribution in [2.24, 2.45) is 5.73 Å². The van der Waals surface area contributed by atoms with Gasteiger partial charge in [-0.05, 0) is 61.1 Å². The topological polar surface area (TPSA) is 56.2 Å². The van der Waals surface area contributed by atoms with Crippen molar-refractivity contribution in [1.82, 2.24) is 14.4 Å². The fourth-order valence-electron chi connectivity index (χ4n) is 5.98. The Bertz CT molecular complexity index is 1940. The zero-order chi connectivity index (χ0) is 29.8. The lowest BCUT2D eigenvalue weighted by molar-refractivity contribution is -0.137. The third kappa shape index (κ3) is 4.89. The average Bonchev–Trinajstić information content (AvgIpc) is 3.38. The molecule has 4 nitrogen and oxygen atoms in total. The van der Waals surface area contributed by atoms with Gasteiger partial charge in [0.15, 0.2) is 0 Å². The monoisotopic (exact) mass is 574 g/mol. The number of alkyl halides is 3. The van der Waals surface area contributed by atoms with Crippen LogP contribution in [0.15, 0.2) is 109 Å². The van der Waals surface area contributed by atoms with E-state index in [9.17, 15) is 13.2 Å². The highest BCUT2D eigenvalue weighted by Crippen LogP contribution is 2.41. The van der Waals surface area contributed by atoms with Crippen molar-refractivity contribution in [3.8, 4) is 44.9 Å². The number of halogens is 3. The number of aromatic nitrogens is 3. The SMILES string of the molecule is Cc1cc(-c2c(-c3ccccc3)nc3nc(-c4ccc(C5(N)CCC5)cc4)c(-c4ccccc4)cn23)cc(C(F)(F)F)c1. The number of fused-ring (bicyclic) bond motifs is 1. The van der Waals surface area contributed by atoms with Crippen LogP contribution in [0.1, 0.15) is 36.0 Å². The maximum atomic E-state index is 13.9. The molecule has 2 aromatic heterocycles. The van der Waals surface area contributed by atoms with Gasteiger partial charge in [0, 0.05) is 34.0 Å². The minimum Gasteiger partial charge on any atom is -0.321 e. The summed E-state index contributed by atoms with van der Waals surface area (Å²) < 4.78 is 43.6. The van der Waals surface area contributed by atoms with E-state index in [1.165, 1.54) is 12.1 Å². The molecule has 0 amide bonds. The summed E-state index contributed by atoms with van der Waals surface area (Å²) in [6.45, 7) is 1.68. The molecular weight excluding hydrogens is 545 g/mol. The van der Waals surface area contributed by atoms with Gasteiger partial charge in [0.1, 0.15) is 0 Å². The van der Waals surface area contributed by atoms with E-state index in [1.54, 1.807) is 13.0 Å². The highest BCUT2D eigenvalue weighted by Gasteiger charge is 2.34. The molecule has 4 aromatic carbocycles. The summed E-state index contributed by atoms with van der Waals surface area (Å²) in [4.78, 5) is 10.0. The predicted octanol–water partition coefficient (Wildman–Crippen LogP) is 9.06. The van der Waals surface area contributed by atoms with Crippen molar-refractivity contribution in [3.63, 3.8) is 0 Å². The van der Waals surface area contributed by atoms with Gasteiger partial charge in [-0.3, -0.25) is 4.40 Å². The van der Waals surface area contributed by atoms with E-state index in [0.717, 1.165) is 52.8 Å². The molecule has 0 atom stereocenters. The number of rotatable bonds is 5. The molecular formula is C36H29F3N4. The van der Waals surface area contributed by atoms with E-state index in [4.69, 9.17) is 15.7 Å². The molecule has 1 aliphatic rings. The number of hydrogen-bond acceptors (Lipinski definition) is 3. The molecule has 0 saturated heterocycles. The van der Waals surface area contributed by atoms with Crippen LogP contribution in [0.25, 0.3) is 50.7 Å². The first-order valence-corrected chi connectivity index (χ1v) is 14.3. The molecule has 2 heterocycles. The van der Waals surface area contributed by atoms with Crippen LogP contribution in [-0.4, -0.2) is 14.4 Å². The van der Waals surface area contributed by atoms with E-state index in [2.05, 4.69) is 12.1 Å². The Morgan fingerprint density at radius 1 is 0.721 bits per heavy atom. The first-order valence-electron chi connectivity index (χ1n) is 14.3. The Labute approximate surface area is 247 Å². The Morgan fingerprint density at radius 3 is 1.93 bits per heavy atom. The molecule has 1 aliphatic carbocycles. The van der Waals surface area contributed by atoms with E-state index >= 15 is 0 Å². The molecule has 0 aliphatic heterocycles. The van der Waals surface area contributed by atoms with E-state index in [1.807, 2.05) is 83.4 Å². The molecule has 43 heavy (non-hydrogen) atoms. The van der Waals surface area contributed by atoms with Crippen molar-refractivity contribution < 1.29 is 13.2 Å². The van der Waals surface area contributed by atoms with E-state index in [-0.39, 0.29) is 5.54 Å². The van der Waals surface area contributed by atoms with Crippen LogP contribution in [0, 0.1) is 6.92 Å². The number of imidazole rings is 1. The average molecular weight is 575 g/mol. The second-order valence-electron chi connectivity index (χ2n) is 11.4. The molecule has 214 valence electrons. The third-order valence-electron chi connectivity index (χ3n) is 8.41. The summed E-state index contributed by atoms with van der Waals surface area (Å²) >= 11 is 0. The normalized spacial score (nSPS) is 14.5. The van der Waals surface area contributed by atoms with E-state index < -0.39 is 11.7 Å². The maximum Gasteiger partial charge on any atom is 0.416 e. The van der Waals surface area contributed by atoms with Crippen molar-refractivity contribution in [2.45, 2.75) is 37.9 Å². The van der Waals surface area contributed by atoms with Gasteiger partial charge in [-0.2, -0.15) is 13.2 Å². The lowest BCUT2D eigenvalue weighted by Gasteiger charge is -2.38. The largest absolute Gasteiger partial charge is 0.416 e. The standard InChI is InChI=1S/C36H29F3N4/c1-23-19-27(21-29(20-23)36(37,38)39)33-32(25-11-6-3-7-12-25)42-34-41-31(30(22-43(33)34)24-9-4-2-5-10-24)26-13-15-28(16-14-26)35(40)17-8-18-35/h2-7,9-16,19-22H,8,17-18,40H2,1H3. The van der Waals surface area contributed by atoms with Crippen LogP contribution >= 0.6 is 0 Å². The molecule has 6 aromatic rings. The summed E-state index contributed by atoms with van der Waals surface area (Å²) in [5.74, 6) is 0.400. The molecule has 0 unspecified atom stereocenters. The summed E-state index contributed by atoms with van der Waals surface area (Å²) in [5, 5.41) is 0. The van der Waals surface area contributed by atoms with Crippen LogP contribution < -0.4 is 5.73 Å².